The molecule has 1 heteroatoms. The zero-order chi connectivity index (χ0) is 12.2. The summed E-state index contributed by atoms with van der Waals surface area (Å²) in [6.45, 7) is 8.65. The predicted octanol–water partition coefficient (Wildman–Crippen LogP) is 4.34. The average Bonchev–Trinajstić information content (AvgIpc) is 2.31. The number of rotatable bonds is 1. The summed E-state index contributed by atoms with van der Waals surface area (Å²) in [5.41, 5.74) is 3.30. The van der Waals surface area contributed by atoms with Crippen LogP contribution in [0.2, 0.25) is 0 Å². The summed E-state index contributed by atoms with van der Waals surface area (Å²) in [5, 5.41) is 0. The van der Waals surface area contributed by atoms with Crippen molar-refractivity contribution in [3.8, 4) is 5.75 Å². The van der Waals surface area contributed by atoms with Crippen molar-refractivity contribution in [2.75, 3.05) is 7.11 Å². The minimum atomic E-state index is 0.322. The minimum Gasteiger partial charge on any atom is -0.497 e. The molecule has 0 saturated heterocycles. The quantitative estimate of drug-likeness (QED) is 0.684. The molecule has 1 aromatic rings. The second-order valence-corrected chi connectivity index (χ2v) is 4.76. The number of methoxy groups -OCH3 is 1. The van der Waals surface area contributed by atoms with E-state index in [1.54, 1.807) is 7.11 Å². The lowest BCUT2D eigenvalue weighted by atomic mass is 9.73. The summed E-state index contributed by atoms with van der Waals surface area (Å²) in [6, 6.07) is 6.49. The Labute approximate surface area is 99.8 Å². The van der Waals surface area contributed by atoms with Crippen molar-refractivity contribution in [1.29, 1.82) is 0 Å². The number of hydrogen-bond acceptors (Lipinski definition) is 1. The monoisotopic (exact) mass is 220 g/mol. The molecule has 1 aromatic carbocycles. The van der Waals surface area contributed by atoms with E-state index in [4.69, 9.17) is 4.74 Å². The first-order valence-corrected chi connectivity index (χ1v) is 6.31. The lowest BCUT2D eigenvalue weighted by Crippen LogP contribution is -2.23. The van der Waals surface area contributed by atoms with Gasteiger partial charge in [-0.15, -0.1) is 0 Å². The molecule has 1 aliphatic rings. The van der Waals surface area contributed by atoms with Gasteiger partial charge in [-0.2, -0.15) is 0 Å². The Morgan fingerprint density at radius 3 is 2.50 bits per heavy atom. The van der Waals surface area contributed by atoms with E-state index >= 15 is 0 Å². The van der Waals surface area contributed by atoms with Crippen LogP contribution < -0.4 is 4.74 Å². The highest BCUT2D eigenvalue weighted by Crippen LogP contribution is 2.38. The van der Waals surface area contributed by atoms with E-state index in [9.17, 15) is 0 Å². The summed E-state index contributed by atoms with van der Waals surface area (Å²) in [7, 11) is 1.73. The van der Waals surface area contributed by atoms with Crippen LogP contribution in [0, 0.1) is 0 Å². The van der Waals surface area contributed by atoms with E-state index in [1.165, 1.54) is 30.4 Å². The fraction of sp³-hybridized carbons (Fsp3) is 0.600. The SMILES string of the molecule is CC.COc1ccc2c(c1)C(C)(C)CCC2. The highest BCUT2D eigenvalue weighted by atomic mass is 16.5. The van der Waals surface area contributed by atoms with Crippen LogP contribution in [0.4, 0.5) is 0 Å². The van der Waals surface area contributed by atoms with Crippen molar-refractivity contribution in [2.45, 2.75) is 52.4 Å². The van der Waals surface area contributed by atoms with Crippen LogP contribution in [0.1, 0.15) is 51.7 Å². The van der Waals surface area contributed by atoms with Gasteiger partial charge in [-0.25, -0.2) is 0 Å². The molecule has 0 heterocycles. The Kier molecular flexibility index (Phi) is 4.40. The van der Waals surface area contributed by atoms with Gasteiger partial charge in [0.15, 0.2) is 0 Å². The Bertz CT molecular complexity index is 339. The molecule has 0 saturated carbocycles. The molecule has 0 atom stereocenters. The summed E-state index contributed by atoms with van der Waals surface area (Å²) in [5.74, 6) is 0.985. The molecule has 1 aliphatic carbocycles. The van der Waals surface area contributed by atoms with Gasteiger partial charge in [0.2, 0.25) is 0 Å². The maximum Gasteiger partial charge on any atom is 0.119 e. The van der Waals surface area contributed by atoms with Crippen molar-refractivity contribution in [1.82, 2.24) is 0 Å². The topological polar surface area (TPSA) is 9.23 Å². The molecule has 16 heavy (non-hydrogen) atoms. The third-order valence-corrected chi connectivity index (χ3v) is 3.29. The second-order valence-electron chi connectivity index (χ2n) is 4.76. The molecule has 2 rings (SSSR count). The standard InChI is InChI=1S/C13H18O.C2H6/c1-13(2)8-4-5-10-6-7-11(14-3)9-12(10)13;1-2/h6-7,9H,4-5,8H2,1-3H3;1-2H3. The van der Waals surface area contributed by atoms with E-state index in [0.717, 1.165) is 5.75 Å². The van der Waals surface area contributed by atoms with Gasteiger partial charge in [0, 0.05) is 0 Å². The molecule has 90 valence electrons. The van der Waals surface area contributed by atoms with Gasteiger partial charge in [0.1, 0.15) is 5.75 Å². The Morgan fingerprint density at radius 1 is 1.19 bits per heavy atom. The molecular weight excluding hydrogens is 196 g/mol. The molecular formula is C15H24O. The molecule has 0 unspecified atom stereocenters. The summed E-state index contributed by atoms with van der Waals surface area (Å²) in [6.07, 6.45) is 3.82. The van der Waals surface area contributed by atoms with Crippen LogP contribution in [0.25, 0.3) is 0 Å². The molecule has 0 amide bonds. The number of benzene rings is 1. The van der Waals surface area contributed by atoms with Gasteiger partial charge in [0.25, 0.3) is 0 Å². The first-order valence-electron chi connectivity index (χ1n) is 6.31. The molecule has 0 N–H and O–H groups in total. The highest BCUT2D eigenvalue weighted by molar-refractivity contribution is 5.41. The van der Waals surface area contributed by atoms with Crippen molar-refractivity contribution >= 4 is 0 Å². The maximum absolute atomic E-state index is 5.27. The van der Waals surface area contributed by atoms with E-state index in [0.29, 0.717) is 5.41 Å². The smallest absolute Gasteiger partial charge is 0.119 e. The molecule has 0 spiro atoms. The normalized spacial score (nSPS) is 16.8. The summed E-state index contributed by atoms with van der Waals surface area (Å²) in [4.78, 5) is 0. The predicted molar refractivity (Wildman–Crippen MR) is 70.3 cm³/mol. The van der Waals surface area contributed by atoms with Crippen molar-refractivity contribution in [3.63, 3.8) is 0 Å². The summed E-state index contributed by atoms with van der Waals surface area (Å²) >= 11 is 0. The van der Waals surface area contributed by atoms with E-state index < -0.39 is 0 Å². The number of fused-ring (bicyclic) bond motifs is 1. The zero-order valence-corrected chi connectivity index (χ0v) is 11.3. The fourth-order valence-electron chi connectivity index (χ4n) is 2.39. The minimum absolute atomic E-state index is 0.322. The molecule has 0 aliphatic heterocycles. The van der Waals surface area contributed by atoms with Crippen LogP contribution >= 0.6 is 0 Å². The van der Waals surface area contributed by atoms with Crippen molar-refractivity contribution in [3.05, 3.63) is 29.3 Å². The van der Waals surface area contributed by atoms with Gasteiger partial charge in [-0.1, -0.05) is 33.8 Å². The molecule has 0 bridgehead atoms. The Balaban J connectivity index is 0.000000606. The van der Waals surface area contributed by atoms with Crippen LogP contribution in [0.3, 0.4) is 0 Å². The average molecular weight is 220 g/mol. The fourth-order valence-corrected chi connectivity index (χ4v) is 2.39. The van der Waals surface area contributed by atoms with Crippen molar-refractivity contribution in [2.24, 2.45) is 0 Å². The van der Waals surface area contributed by atoms with Gasteiger partial charge in [-0.3, -0.25) is 0 Å². The third kappa shape index (κ3) is 2.58. The maximum atomic E-state index is 5.27. The second kappa shape index (κ2) is 5.38. The van der Waals surface area contributed by atoms with Gasteiger partial charge in [-0.05, 0) is 47.9 Å². The van der Waals surface area contributed by atoms with Crippen LogP contribution in [0.5, 0.6) is 5.75 Å². The lowest BCUT2D eigenvalue weighted by Gasteiger charge is -2.32. The molecule has 0 radical (unpaired) electrons. The number of hydrogen-bond donors (Lipinski definition) is 0. The largest absolute Gasteiger partial charge is 0.497 e. The van der Waals surface area contributed by atoms with Gasteiger partial charge >= 0.3 is 0 Å². The lowest BCUT2D eigenvalue weighted by molar-refractivity contribution is 0.402. The van der Waals surface area contributed by atoms with Gasteiger partial charge < -0.3 is 4.74 Å². The van der Waals surface area contributed by atoms with Crippen molar-refractivity contribution < 1.29 is 4.74 Å². The van der Waals surface area contributed by atoms with Crippen LogP contribution in [0.15, 0.2) is 18.2 Å². The first kappa shape index (κ1) is 13.1. The molecule has 0 fully saturated rings. The van der Waals surface area contributed by atoms with E-state index in [2.05, 4.69) is 32.0 Å². The van der Waals surface area contributed by atoms with E-state index in [1.807, 2.05) is 13.8 Å². The van der Waals surface area contributed by atoms with Crippen LogP contribution in [-0.2, 0) is 11.8 Å². The zero-order valence-electron chi connectivity index (χ0n) is 11.3. The Hall–Kier alpha value is -0.980. The number of ether oxygens (including phenoxy) is 1. The van der Waals surface area contributed by atoms with Crippen LogP contribution in [-0.4, -0.2) is 7.11 Å². The molecule has 1 nitrogen and oxygen atoms in total. The third-order valence-electron chi connectivity index (χ3n) is 3.29. The number of aryl methyl sites for hydroxylation is 1. The molecule has 0 aromatic heterocycles. The Morgan fingerprint density at radius 2 is 1.88 bits per heavy atom. The van der Waals surface area contributed by atoms with E-state index in [-0.39, 0.29) is 0 Å². The first-order chi connectivity index (χ1) is 7.63. The van der Waals surface area contributed by atoms with Gasteiger partial charge in [0.05, 0.1) is 7.11 Å². The summed E-state index contributed by atoms with van der Waals surface area (Å²) < 4.78 is 5.27. The highest BCUT2D eigenvalue weighted by Gasteiger charge is 2.27.